The summed E-state index contributed by atoms with van der Waals surface area (Å²) in [5.41, 5.74) is 0.412. The molecule has 3 rings (SSSR count). The molecule has 122 valence electrons. The van der Waals surface area contributed by atoms with Gasteiger partial charge in [-0.25, -0.2) is 9.07 Å². The molecule has 1 amide bonds. The predicted octanol–water partition coefficient (Wildman–Crippen LogP) is 2.47. The van der Waals surface area contributed by atoms with Crippen LogP contribution in [0.2, 0.25) is 5.02 Å². The molecule has 0 bridgehead atoms. The lowest BCUT2D eigenvalue weighted by atomic mass is 10.3. The van der Waals surface area contributed by atoms with Gasteiger partial charge in [-0.2, -0.15) is 5.10 Å². The van der Waals surface area contributed by atoms with Crippen molar-refractivity contribution in [1.29, 1.82) is 0 Å². The molecule has 0 atom stereocenters. The average molecular weight is 348 g/mol. The molecule has 0 saturated heterocycles. The van der Waals surface area contributed by atoms with Crippen LogP contribution in [0.1, 0.15) is 16.2 Å². The van der Waals surface area contributed by atoms with Crippen LogP contribution in [0, 0.1) is 5.82 Å². The third-order valence-corrected chi connectivity index (χ3v) is 3.41. The summed E-state index contributed by atoms with van der Waals surface area (Å²) < 4.78 is 15.0. The molecule has 0 aliphatic rings. The van der Waals surface area contributed by atoms with E-state index < -0.39 is 11.7 Å². The molecule has 1 aromatic carbocycles. The maximum Gasteiger partial charge on any atom is 0.276 e. The minimum Gasteiger partial charge on any atom is -0.493 e. The van der Waals surface area contributed by atoms with Gasteiger partial charge in [-0.3, -0.25) is 14.8 Å². The lowest BCUT2D eigenvalue weighted by molar-refractivity contribution is 0.102. The first-order valence-electron chi connectivity index (χ1n) is 6.81. The monoisotopic (exact) mass is 347 g/mol. The number of carbonyl (C=O) groups excluding carboxylic acids is 1. The van der Waals surface area contributed by atoms with Crippen molar-refractivity contribution in [2.45, 2.75) is 6.54 Å². The largest absolute Gasteiger partial charge is 0.493 e. The van der Waals surface area contributed by atoms with Gasteiger partial charge in [0.2, 0.25) is 5.88 Å². The summed E-state index contributed by atoms with van der Waals surface area (Å²) in [6.07, 6.45) is 4.54. The highest BCUT2D eigenvalue weighted by molar-refractivity contribution is 6.31. The smallest absolute Gasteiger partial charge is 0.276 e. The Balaban J connectivity index is 1.79. The van der Waals surface area contributed by atoms with Crippen molar-refractivity contribution in [2.75, 3.05) is 5.32 Å². The van der Waals surface area contributed by atoms with Crippen LogP contribution in [0.5, 0.6) is 5.88 Å². The first-order chi connectivity index (χ1) is 11.5. The highest BCUT2D eigenvalue weighted by Crippen LogP contribution is 2.23. The average Bonchev–Trinajstić information content (AvgIpc) is 2.94. The van der Waals surface area contributed by atoms with E-state index >= 15 is 0 Å². The van der Waals surface area contributed by atoms with Gasteiger partial charge in [0.1, 0.15) is 0 Å². The van der Waals surface area contributed by atoms with E-state index in [1.807, 2.05) is 0 Å². The molecule has 0 radical (unpaired) electrons. The van der Waals surface area contributed by atoms with Crippen LogP contribution in [0.4, 0.5) is 10.1 Å². The van der Waals surface area contributed by atoms with Crippen LogP contribution in [0.3, 0.4) is 0 Å². The summed E-state index contributed by atoms with van der Waals surface area (Å²) in [7, 11) is 0. The fourth-order valence-corrected chi connectivity index (χ4v) is 2.16. The highest BCUT2D eigenvalue weighted by Gasteiger charge is 2.17. The number of hydrogen-bond acceptors (Lipinski definition) is 5. The lowest BCUT2D eigenvalue weighted by Gasteiger charge is -2.05. The molecule has 0 saturated carbocycles. The number of aromatic hydroxyl groups is 1. The van der Waals surface area contributed by atoms with Crippen LogP contribution in [0.15, 0.2) is 42.9 Å². The molecule has 0 unspecified atom stereocenters. The number of nitrogens with one attached hydrogen (secondary N) is 1. The number of nitrogens with zero attached hydrogens (tertiary/aromatic N) is 4. The number of anilines is 1. The molecule has 0 aliphatic heterocycles. The van der Waals surface area contributed by atoms with E-state index in [-0.39, 0.29) is 28.8 Å². The Kier molecular flexibility index (Phi) is 4.39. The van der Waals surface area contributed by atoms with Crippen molar-refractivity contribution >= 4 is 23.2 Å². The molecule has 0 aliphatic carbocycles. The third-order valence-electron chi connectivity index (χ3n) is 3.12. The Morgan fingerprint density at radius 2 is 2.21 bits per heavy atom. The van der Waals surface area contributed by atoms with Crippen molar-refractivity contribution < 1.29 is 14.3 Å². The van der Waals surface area contributed by atoms with Gasteiger partial charge in [-0.05, 0) is 12.1 Å². The molecular weight excluding hydrogens is 337 g/mol. The van der Waals surface area contributed by atoms with Gasteiger partial charge in [0.05, 0.1) is 29.1 Å². The minimum absolute atomic E-state index is 0.0734. The lowest BCUT2D eigenvalue weighted by Crippen LogP contribution is -2.14. The summed E-state index contributed by atoms with van der Waals surface area (Å²) in [5.74, 6) is -1.64. The molecule has 9 heteroatoms. The summed E-state index contributed by atoms with van der Waals surface area (Å²) in [6, 6.07) is 5.42. The second-order valence-corrected chi connectivity index (χ2v) is 5.20. The fourth-order valence-electron chi connectivity index (χ4n) is 1.99. The fraction of sp³-hybridized carbons (Fsp3) is 0.0667. The first-order valence-corrected chi connectivity index (χ1v) is 7.19. The van der Waals surface area contributed by atoms with Gasteiger partial charge in [-0.15, -0.1) is 0 Å². The molecule has 0 fully saturated rings. The van der Waals surface area contributed by atoms with E-state index in [4.69, 9.17) is 11.6 Å². The highest BCUT2D eigenvalue weighted by atomic mass is 35.5. The summed E-state index contributed by atoms with van der Waals surface area (Å²) >= 11 is 5.66. The number of halogens is 2. The van der Waals surface area contributed by atoms with Gasteiger partial charge in [0.25, 0.3) is 5.91 Å². The van der Waals surface area contributed by atoms with E-state index in [1.54, 1.807) is 0 Å². The van der Waals surface area contributed by atoms with Gasteiger partial charge in [0, 0.05) is 18.5 Å². The van der Waals surface area contributed by atoms with Crippen LogP contribution in [0.25, 0.3) is 0 Å². The van der Waals surface area contributed by atoms with E-state index in [2.05, 4.69) is 20.4 Å². The zero-order valence-electron chi connectivity index (χ0n) is 12.1. The SMILES string of the molecule is O=C(Nc1cccc(Cl)c1F)c1cc(O)n(Cc2cnccn2)n1. The van der Waals surface area contributed by atoms with E-state index in [9.17, 15) is 14.3 Å². The number of carbonyl (C=O) groups is 1. The number of amides is 1. The van der Waals surface area contributed by atoms with Gasteiger partial charge >= 0.3 is 0 Å². The van der Waals surface area contributed by atoms with E-state index in [0.717, 1.165) is 0 Å². The summed E-state index contributed by atoms with van der Waals surface area (Å²) in [5, 5.41) is 16.1. The van der Waals surface area contributed by atoms with Gasteiger partial charge in [-0.1, -0.05) is 17.7 Å². The zero-order chi connectivity index (χ0) is 17.1. The number of rotatable bonds is 4. The maximum absolute atomic E-state index is 13.8. The number of benzene rings is 1. The summed E-state index contributed by atoms with van der Waals surface area (Å²) in [6.45, 7) is 0.137. The van der Waals surface area contributed by atoms with Crippen LogP contribution in [-0.4, -0.2) is 30.8 Å². The van der Waals surface area contributed by atoms with Crippen molar-refractivity contribution in [1.82, 2.24) is 19.7 Å². The molecule has 24 heavy (non-hydrogen) atoms. The minimum atomic E-state index is -0.740. The normalized spacial score (nSPS) is 10.6. The number of hydrogen-bond donors (Lipinski definition) is 2. The van der Waals surface area contributed by atoms with Crippen LogP contribution >= 0.6 is 11.6 Å². The molecule has 3 aromatic rings. The second kappa shape index (κ2) is 6.63. The Morgan fingerprint density at radius 1 is 1.38 bits per heavy atom. The molecule has 2 heterocycles. The Hall–Kier alpha value is -3.00. The zero-order valence-corrected chi connectivity index (χ0v) is 12.9. The molecule has 2 aromatic heterocycles. The van der Waals surface area contributed by atoms with Crippen molar-refractivity contribution in [3.05, 3.63) is 65.1 Å². The molecular formula is C15H11ClFN5O2. The van der Waals surface area contributed by atoms with E-state index in [0.29, 0.717) is 5.69 Å². The topological polar surface area (TPSA) is 92.9 Å². The molecule has 7 nitrogen and oxygen atoms in total. The maximum atomic E-state index is 13.8. The van der Waals surface area contributed by atoms with Gasteiger partial charge in [0.15, 0.2) is 11.5 Å². The molecule has 2 N–H and O–H groups in total. The van der Waals surface area contributed by atoms with Gasteiger partial charge < -0.3 is 10.4 Å². The van der Waals surface area contributed by atoms with E-state index in [1.165, 1.54) is 47.5 Å². The predicted molar refractivity (Wildman–Crippen MR) is 84.4 cm³/mol. The number of aromatic nitrogens is 4. The Morgan fingerprint density at radius 3 is 2.96 bits per heavy atom. The van der Waals surface area contributed by atoms with Crippen LogP contribution in [-0.2, 0) is 6.54 Å². The Bertz CT molecular complexity index is 885. The standard InChI is InChI=1S/C15H11ClFN5O2/c16-10-2-1-3-11(14(10)17)20-15(24)12-6-13(23)22(21-12)8-9-7-18-4-5-19-9/h1-7,23H,8H2,(H,20,24). The third kappa shape index (κ3) is 3.33. The molecule has 0 spiro atoms. The second-order valence-electron chi connectivity index (χ2n) is 4.80. The first kappa shape index (κ1) is 15.9. The summed E-state index contributed by atoms with van der Waals surface area (Å²) in [4.78, 5) is 20.1. The van der Waals surface area contributed by atoms with Crippen molar-refractivity contribution in [3.8, 4) is 5.88 Å². The van der Waals surface area contributed by atoms with Crippen molar-refractivity contribution in [2.24, 2.45) is 0 Å². The van der Waals surface area contributed by atoms with Crippen LogP contribution < -0.4 is 5.32 Å². The van der Waals surface area contributed by atoms with Crippen molar-refractivity contribution in [3.63, 3.8) is 0 Å². The quantitative estimate of drug-likeness (QED) is 0.756. The Labute approximate surface area is 140 Å².